The number of carbonyl (C=O) groups is 4. The van der Waals surface area contributed by atoms with Crippen molar-refractivity contribution in [3.63, 3.8) is 0 Å². The molecule has 0 bridgehead atoms. The second kappa shape index (κ2) is 6.55. The fourth-order valence-electron chi connectivity index (χ4n) is 1.75. The lowest BCUT2D eigenvalue weighted by Crippen LogP contribution is -2.42. The summed E-state index contributed by atoms with van der Waals surface area (Å²) in [6, 6.07) is -1.05. The fraction of sp³-hybridized carbons (Fsp3) is 0.636. The molecule has 3 amide bonds. The molecule has 0 spiro atoms. The van der Waals surface area contributed by atoms with Crippen LogP contribution in [0.2, 0.25) is 0 Å². The molecule has 8 heteroatoms. The van der Waals surface area contributed by atoms with Gasteiger partial charge in [-0.05, 0) is 6.92 Å². The van der Waals surface area contributed by atoms with Crippen LogP contribution in [0.4, 0.5) is 0 Å². The van der Waals surface area contributed by atoms with Crippen molar-refractivity contribution < 1.29 is 24.3 Å². The molecule has 0 aromatic rings. The van der Waals surface area contributed by atoms with Crippen molar-refractivity contribution in [3.8, 4) is 0 Å². The predicted octanol–water partition coefficient (Wildman–Crippen LogP) is -0.544. The highest BCUT2D eigenvalue weighted by molar-refractivity contribution is 8.00. The molecule has 1 rings (SSSR count). The summed E-state index contributed by atoms with van der Waals surface area (Å²) in [7, 11) is 0. The number of rotatable bonds is 6. The lowest BCUT2D eigenvalue weighted by Gasteiger charge is -2.15. The number of carboxylic acids is 1. The quantitative estimate of drug-likeness (QED) is 0.636. The van der Waals surface area contributed by atoms with Gasteiger partial charge >= 0.3 is 5.97 Å². The summed E-state index contributed by atoms with van der Waals surface area (Å²) in [5, 5.41) is 10.7. The number of nitrogens with zero attached hydrogens (tertiary/aromatic N) is 1. The number of likely N-dealkylation sites (tertiary alicyclic amines) is 1. The molecule has 2 atom stereocenters. The van der Waals surface area contributed by atoms with Crippen LogP contribution in [0, 0.1) is 0 Å². The summed E-state index contributed by atoms with van der Waals surface area (Å²) >= 11 is 1.09. The minimum atomic E-state index is -1.16. The molecule has 0 aromatic heterocycles. The van der Waals surface area contributed by atoms with Gasteiger partial charge in [-0.2, -0.15) is 0 Å². The number of carboxylic acid groups (broad SMARTS) is 1. The normalized spacial score (nSPS) is 20.5. The molecule has 0 aliphatic carbocycles. The monoisotopic (exact) mass is 288 g/mol. The second-order valence-electron chi connectivity index (χ2n) is 4.09. The maximum atomic E-state index is 11.8. The first-order valence-corrected chi connectivity index (χ1v) is 6.87. The number of imide groups is 1. The molecule has 0 aromatic carbocycles. The van der Waals surface area contributed by atoms with Gasteiger partial charge in [-0.1, -0.05) is 0 Å². The van der Waals surface area contributed by atoms with Crippen LogP contribution >= 0.6 is 11.8 Å². The zero-order chi connectivity index (χ0) is 14.6. The van der Waals surface area contributed by atoms with Gasteiger partial charge < -0.3 is 10.4 Å². The Morgan fingerprint density at radius 2 is 2.16 bits per heavy atom. The molecule has 106 valence electrons. The van der Waals surface area contributed by atoms with Crippen molar-refractivity contribution in [2.75, 3.05) is 12.3 Å². The van der Waals surface area contributed by atoms with Gasteiger partial charge in [0.2, 0.25) is 17.7 Å². The summed E-state index contributed by atoms with van der Waals surface area (Å²) in [6.45, 7) is 3.26. The number of hydrogen-bond donors (Lipinski definition) is 2. The third kappa shape index (κ3) is 3.95. The first-order chi connectivity index (χ1) is 8.86. The van der Waals surface area contributed by atoms with Crippen molar-refractivity contribution in [2.45, 2.75) is 31.6 Å². The third-order valence-corrected chi connectivity index (χ3v) is 3.95. The number of amides is 3. The minimum absolute atomic E-state index is 0.0517. The van der Waals surface area contributed by atoms with Crippen molar-refractivity contribution in [1.82, 2.24) is 10.2 Å². The maximum Gasteiger partial charge on any atom is 0.327 e. The SMILES string of the molecule is CCN1C(=O)CC(SC[C@H](NC(C)=O)C(=O)O)C1=O. The zero-order valence-corrected chi connectivity index (χ0v) is 11.5. The highest BCUT2D eigenvalue weighted by Crippen LogP contribution is 2.25. The van der Waals surface area contributed by atoms with E-state index in [-0.39, 0.29) is 24.0 Å². The topological polar surface area (TPSA) is 104 Å². The smallest absolute Gasteiger partial charge is 0.327 e. The zero-order valence-electron chi connectivity index (χ0n) is 10.7. The molecule has 1 fully saturated rings. The van der Waals surface area contributed by atoms with E-state index in [4.69, 9.17) is 5.11 Å². The molecule has 0 saturated carbocycles. The first-order valence-electron chi connectivity index (χ1n) is 5.82. The lowest BCUT2D eigenvalue weighted by atomic mass is 10.3. The fourth-order valence-corrected chi connectivity index (χ4v) is 2.93. The summed E-state index contributed by atoms with van der Waals surface area (Å²) in [5.41, 5.74) is 0. The van der Waals surface area contributed by atoms with E-state index in [1.807, 2.05) is 0 Å². The Bertz CT molecular complexity index is 412. The van der Waals surface area contributed by atoms with Crippen molar-refractivity contribution in [2.24, 2.45) is 0 Å². The maximum absolute atomic E-state index is 11.8. The highest BCUT2D eigenvalue weighted by Gasteiger charge is 2.38. The van der Waals surface area contributed by atoms with Crippen LogP contribution in [0.1, 0.15) is 20.3 Å². The Balaban J connectivity index is 2.56. The van der Waals surface area contributed by atoms with Crippen molar-refractivity contribution in [3.05, 3.63) is 0 Å². The predicted molar refractivity (Wildman–Crippen MR) is 68.5 cm³/mol. The summed E-state index contributed by atoms with van der Waals surface area (Å²) in [6.07, 6.45) is 0.0871. The van der Waals surface area contributed by atoms with E-state index >= 15 is 0 Å². The second-order valence-corrected chi connectivity index (χ2v) is 5.33. The Morgan fingerprint density at radius 1 is 1.53 bits per heavy atom. The molecule has 1 saturated heterocycles. The van der Waals surface area contributed by atoms with Gasteiger partial charge in [0.1, 0.15) is 6.04 Å². The number of aliphatic carboxylic acids is 1. The van der Waals surface area contributed by atoms with Crippen LogP contribution in [0.5, 0.6) is 0 Å². The van der Waals surface area contributed by atoms with Gasteiger partial charge in [-0.15, -0.1) is 11.8 Å². The van der Waals surface area contributed by atoms with Crippen LogP contribution in [0.15, 0.2) is 0 Å². The largest absolute Gasteiger partial charge is 0.480 e. The van der Waals surface area contributed by atoms with E-state index in [2.05, 4.69) is 5.32 Å². The average Bonchev–Trinajstić information content (AvgIpc) is 2.58. The van der Waals surface area contributed by atoms with Crippen LogP contribution in [-0.4, -0.2) is 57.3 Å². The summed E-state index contributed by atoms with van der Waals surface area (Å²) in [5.74, 6) is -2.08. The van der Waals surface area contributed by atoms with E-state index in [0.717, 1.165) is 16.7 Å². The molecule has 1 aliphatic heterocycles. The van der Waals surface area contributed by atoms with Gasteiger partial charge in [-0.25, -0.2) is 4.79 Å². The average molecular weight is 288 g/mol. The summed E-state index contributed by atoms with van der Waals surface area (Å²) < 4.78 is 0. The molecular formula is C11H16N2O5S. The highest BCUT2D eigenvalue weighted by atomic mass is 32.2. The summed E-state index contributed by atoms with van der Waals surface area (Å²) in [4.78, 5) is 46.2. The molecule has 19 heavy (non-hydrogen) atoms. The Labute approximate surface area is 114 Å². The Morgan fingerprint density at radius 3 is 2.58 bits per heavy atom. The van der Waals surface area contributed by atoms with E-state index in [9.17, 15) is 19.2 Å². The van der Waals surface area contributed by atoms with Gasteiger partial charge in [-0.3, -0.25) is 19.3 Å². The number of thioether (sulfide) groups is 1. The van der Waals surface area contributed by atoms with E-state index < -0.39 is 23.2 Å². The van der Waals surface area contributed by atoms with Crippen molar-refractivity contribution in [1.29, 1.82) is 0 Å². The van der Waals surface area contributed by atoms with Gasteiger partial charge in [0, 0.05) is 25.6 Å². The number of nitrogens with one attached hydrogen (secondary N) is 1. The van der Waals surface area contributed by atoms with E-state index in [0.29, 0.717) is 6.54 Å². The van der Waals surface area contributed by atoms with Crippen LogP contribution in [0.3, 0.4) is 0 Å². The lowest BCUT2D eigenvalue weighted by molar-refractivity contribution is -0.141. The number of hydrogen-bond acceptors (Lipinski definition) is 5. The molecular weight excluding hydrogens is 272 g/mol. The van der Waals surface area contributed by atoms with Gasteiger partial charge in [0.05, 0.1) is 5.25 Å². The molecule has 1 heterocycles. The third-order valence-electron chi connectivity index (χ3n) is 2.66. The van der Waals surface area contributed by atoms with E-state index in [1.54, 1.807) is 6.92 Å². The minimum Gasteiger partial charge on any atom is -0.480 e. The molecule has 1 unspecified atom stereocenters. The molecule has 2 N–H and O–H groups in total. The van der Waals surface area contributed by atoms with Crippen LogP contribution in [0.25, 0.3) is 0 Å². The molecule has 7 nitrogen and oxygen atoms in total. The standard InChI is InChI=1S/C11H16N2O5S/c1-3-13-9(15)4-8(10(13)16)19-5-7(11(17)18)12-6(2)14/h7-8H,3-5H2,1-2H3,(H,12,14)(H,17,18)/t7-,8?/m0/s1. The van der Waals surface area contributed by atoms with Gasteiger partial charge in [0.25, 0.3) is 0 Å². The van der Waals surface area contributed by atoms with Crippen LogP contribution < -0.4 is 5.32 Å². The first kappa shape index (κ1) is 15.5. The number of carbonyl (C=O) groups excluding carboxylic acids is 3. The molecule has 0 radical (unpaired) electrons. The van der Waals surface area contributed by atoms with Crippen LogP contribution in [-0.2, 0) is 19.2 Å². The Hall–Kier alpha value is -1.57. The van der Waals surface area contributed by atoms with Crippen molar-refractivity contribution >= 4 is 35.5 Å². The Kier molecular flexibility index (Phi) is 5.34. The molecule has 1 aliphatic rings. The van der Waals surface area contributed by atoms with Gasteiger partial charge in [0.15, 0.2) is 0 Å². The van der Waals surface area contributed by atoms with E-state index in [1.165, 1.54) is 6.92 Å².